The third-order valence-corrected chi connectivity index (χ3v) is 3.22. The molecule has 0 radical (unpaired) electrons. The Bertz CT molecular complexity index is 574. The fourth-order valence-electron chi connectivity index (χ4n) is 2.09. The lowest BCUT2D eigenvalue weighted by Gasteiger charge is -2.37. The molecule has 0 aromatic heterocycles. The van der Waals surface area contributed by atoms with E-state index >= 15 is 0 Å². The van der Waals surface area contributed by atoms with Crippen LogP contribution in [0.2, 0.25) is 0 Å². The number of hydrogen-bond donors (Lipinski definition) is 1. The highest BCUT2D eigenvalue weighted by molar-refractivity contribution is 5.74. The number of hydrogen-bond acceptors (Lipinski definition) is 6. The van der Waals surface area contributed by atoms with Crippen molar-refractivity contribution in [2.24, 2.45) is 0 Å². The maximum absolute atomic E-state index is 11.6. The van der Waals surface area contributed by atoms with E-state index in [1.807, 2.05) is 30.3 Å². The third-order valence-electron chi connectivity index (χ3n) is 3.22. The molecule has 132 valence electrons. The lowest BCUT2D eigenvalue weighted by Crippen LogP contribution is -2.61. The molecule has 7 nitrogen and oxygen atoms in total. The van der Waals surface area contributed by atoms with E-state index in [1.54, 1.807) is 6.92 Å². The Labute approximate surface area is 141 Å². The van der Waals surface area contributed by atoms with Gasteiger partial charge in [-0.05, 0) is 12.5 Å². The quantitative estimate of drug-likeness (QED) is 0.572. The Morgan fingerprint density at radius 3 is 2.21 bits per heavy atom. The van der Waals surface area contributed by atoms with Crippen LogP contribution in [-0.2, 0) is 35.2 Å². The van der Waals surface area contributed by atoms with E-state index < -0.39 is 29.7 Å². The van der Waals surface area contributed by atoms with Crippen molar-refractivity contribution in [3.8, 4) is 0 Å². The summed E-state index contributed by atoms with van der Waals surface area (Å²) in [5, 5.41) is 2.61. The molecule has 0 bridgehead atoms. The molecule has 7 heteroatoms. The fraction of sp³-hybridized carbons (Fsp3) is 0.471. The van der Waals surface area contributed by atoms with Crippen LogP contribution in [-0.4, -0.2) is 36.3 Å². The van der Waals surface area contributed by atoms with Crippen LogP contribution in [0.4, 0.5) is 0 Å². The molecular formula is C17H23NO6. The van der Waals surface area contributed by atoms with Gasteiger partial charge in [-0.2, -0.15) is 0 Å². The average molecular weight is 337 g/mol. The number of nitrogens with one attached hydrogen (secondary N) is 1. The molecular weight excluding hydrogens is 314 g/mol. The lowest BCUT2D eigenvalue weighted by molar-refractivity contribution is -0.201. The molecule has 1 rings (SSSR count). The molecule has 0 aliphatic heterocycles. The highest BCUT2D eigenvalue weighted by Crippen LogP contribution is 2.20. The molecule has 0 spiro atoms. The molecule has 2 atom stereocenters. The maximum Gasteiger partial charge on any atom is 0.303 e. The number of ether oxygens (including phenoxy) is 3. The molecule has 0 heterocycles. The molecule has 1 amide bonds. The number of esters is 2. The van der Waals surface area contributed by atoms with E-state index in [0.29, 0.717) is 0 Å². The van der Waals surface area contributed by atoms with Crippen LogP contribution in [0, 0.1) is 0 Å². The topological polar surface area (TPSA) is 90.9 Å². The van der Waals surface area contributed by atoms with Gasteiger partial charge >= 0.3 is 11.9 Å². The summed E-state index contributed by atoms with van der Waals surface area (Å²) in [4.78, 5) is 34.1. The van der Waals surface area contributed by atoms with Gasteiger partial charge in [-0.15, -0.1) is 0 Å². The van der Waals surface area contributed by atoms with Gasteiger partial charge in [0.05, 0.1) is 6.61 Å². The zero-order valence-electron chi connectivity index (χ0n) is 14.3. The molecule has 0 aliphatic carbocycles. The molecule has 1 aromatic carbocycles. The summed E-state index contributed by atoms with van der Waals surface area (Å²) in [5.41, 5.74) is -0.635. The van der Waals surface area contributed by atoms with Crippen molar-refractivity contribution in [2.75, 3.05) is 6.61 Å². The Morgan fingerprint density at radius 2 is 1.71 bits per heavy atom. The van der Waals surface area contributed by atoms with Gasteiger partial charge in [0.1, 0.15) is 12.7 Å². The Hall–Kier alpha value is -2.41. The molecule has 1 N–H and O–H groups in total. The van der Waals surface area contributed by atoms with Gasteiger partial charge in [-0.25, -0.2) is 0 Å². The second-order valence-corrected chi connectivity index (χ2v) is 5.38. The van der Waals surface area contributed by atoms with Gasteiger partial charge in [0.2, 0.25) is 11.6 Å². The van der Waals surface area contributed by atoms with Gasteiger partial charge in [0.25, 0.3) is 0 Å². The maximum atomic E-state index is 11.6. The first-order valence-corrected chi connectivity index (χ1v) is 7.52. The van der Waals surface area contributed by atoms with Crippen molar-refractivity contribution in [3.05, 3.63) is 35.9 Å². The second-order valence-electron chi connectivity index (χ2n) is 5.38. The third kappa shape index (κ3) is 6.37. The van der Waals surface area contributed by atoms with Gasteiger partial charge in [0, 0.05) is 20.8 Å². The SMILES string of the molecule is CC(=O)NC(COC(C)=O)(OCc1ccccc1)C(C)OC(C)=O. The van der Waals surface area contributed by atoms with Crippen molar-refractivity contribution in [1.82, 2.24) is 5.32 Å². The Kier molecular flexibility index (Phi) is 7.38. The number of carbonyl (C=O) groups excluding carboxylic acids is 3. The highest BCUT2D eigenvalue weighted by atomic mass is 16.6. The van der Waals surface area contributed by atoms with Gasteiger partial charge < -0.3 is 19.5 Å². The van der Waals surface area contributed by atoms with Crippen molar-refractivity contribution >= 4 is 17.8 Å². The Balaban J connectivity index is 3.04. The van der Waals surface area contributed by atoms with Crippen LogP contribution in [0.15, 0.2) is 30.3 Å². The smallest absolute Gasteiger partial charge is 0.303 e. The standard InChI is InChI=1S/C17H23NO6/c1-12(24-15(4)21)17(18-13(2)19,11-22-14(3)20)23-10-16-8-6-5-7-9-16/h5-9,12H,10-11H2,1-4H3,(H,18,19). The van der Waals surface area contributed by atoms with Gasteiger partial charge in [-0.3, -0.25) is 14.4 Å². The van der Waals surface area contributed by atoms with E-state index in [0.717, 1.165) is 5.56 Å². The molecule has 0 saturated heterocycles. The second kappa shape index (κ2) is 9.02. The zero-order chi connectivity index (χ0) is 18.2. The zero-order valence-corrected chi connectivity index (χ0v) is 14.3. The lowest BCUT2D eigenvalue weighted by atomic mass is 10.1. The highest BCUT2D eigenvalue weighted by Gasteiger charge is 2.42. The number of carbonyl (C=O) groups is 3. The minimum absolute atomic E-state index is 0.133. The summed E-state index contributed by atoms with van der Waals surface area (Å²) >= 11 is 0. The predicted molar refractivity (Wildman–Crippen MR) is 85.6 cm³/mol. The minimum Gasteiger partial charge on any atom is -0.461 e. The van der Waals surface area contributed by atoms with Crippen molar-refractivity contribution in [1.29, 1.82) is 0 Å². The van der Waals surface area contributed by atoms with Crippen molar-refractivity contribution < 1.29 is 28.6 Å². The first-order valence-electron chi connectivity index (χ1n) is 7.52. The van der Waals surface area contributed by atoms with Crippen molar-refractivity contribution in [3.63, 3.8) is 0 Å². The summed E-state index contributed by atoms with van der Waals surface area (Å²) in [6.45, 7) is 5.20. The minimum atomic E-state index is -1.49. The Morgan fingerprint density at radius 1 is 1.08 bits per heavy atom. The predicted octanol–water partition coefficient (Wildman–Crippen LogP) is 1.55. The van der Waals surface area contributed by atoms with E-state index in [4.69, 9.17) is 14.2 Å². The summed E-state index contributed by atoms with van der Waals surface area (Å²) < 4.78 is 16.1. The number of rotatable bonds is 8. The molecule has 0 aliphatic rings. The van der Waals surface area contributed by atoms with Crippen LogP contribution in [0.5, 0.6) is 0 Å². The van der Waals surface area contributed by atoms with Crippen LogP contribution < -0.4 is 5.32 Å². The largest absolute Gasteiger partial charge is 0.461 e. The van der Waals surface area contributed by atoms with E-state index in [2.05, 4.69) is 5.32 Å². The summed E-state index contributed by atoms with van der Waals surface area (Å²) in [7, 11) is 0. The molecule has 0 fully saturated rings. The monoisotopic (exact) mass is 337 g/mol. The van der Waals surface area contributed by atoms with Gasteiger partial charge in [0.15, 0.2) is 0 Å². The van der Waals surface area contributed by atoms with E-state index in [-0.39, 0.29) is 13.2 Å². The molecule has 2 unspecified atom stereocenters. The van der Waals surface area contributed by atoms with E-state index in [9.17, 15) is 14.4 Å². The first-order chi connectivity index (χ1) is 11.2. The molecule has 1 aromatic rings. The number of amides is 1. The number of benzene rings is 1. The van der Waals surface area contributed by atoms with Crippen LogP contribution >= 0.6 is 0 Å². The van der Waals surface area contributed by atoms with Crippen LogP contribution in [0.25, 0.3) is 0 Å². The average Bonchev–Trinajstić information content (AvgIpc) is 2.50. The fourth-order valence-corrected chi connectivity index (χ4v) is 2.09. The first kappa shape index (κ1) is 19.6. The van der Waals surface area contributed by atoms with E-state index in [1.165, 1.54) is 20.8 Å². The van der Waals surface area contributed by atoms with Crippen LogP contribution in [0.3, 0.4) is 0 Å². The molecule has 24 heavy (non-hydrogen) atoms. The van der Waals surface area contributed by atoms with Gasteiger partial charge in [-0.1, -0.05) is 30.3 Å². The van der Waals surface area contributed by atoms with Crippen molar-refractivity contribution in [2.45, 2.75) is 46.1 Å². The van der Waals surface area contributed by atoms with Crippen LogP contribution in [0.1, 0.15) is 33.3 Å². The summed E-state index contributed by atoms with van der Waals surface area (Å²) in [6.07, 6.45) is -0.873. The normalized spacial score (nSPS) is 14.2. The summed E-state index contributed by atoms with van der Waals surface area (Å²) in [5.74, 6) is -1.49. The molecule has 0 saturated carbocycles. The summed E-state index contributed by atoms with van der Waals surface area (Å²) in [6, 6.07) is 9.26.